The number of hydrogen-bond acceptors (Lipinski definition) is 4. The van der Waals surface area contributed by atoms with Gasteiger partial charge in [-0.15, -0.1) is 0 Å². The molecule has 5 nitrogen and oxygen atoms in total. The summed E-state index contributed by atoms with van der Waals surface area (Å²) in [7, 11) is 0. The van der Waals surface area contributed by atoms with Gasteiger partial charge in [-0.25, -0.2) is 0 Å². The molecule has 0 radical (unpaired) electrons. The average molecular weight is 267 g/mol. The fourth-order valence-electron chi connectivity index (χ4n) is 1.99. The molecule has 0 atom stereocenters. The quantitative estimate of drug-likeness (QED) is 0.699. The van der Waals surface area contributed by atoms with Crippen LogP contribution in [0.4, 0.5) is 11.4 Å². The maximum absolute atomic E-state index is 12.1. The van der Waals surface area contributed by atoms with E-state index in [1.54, 1.807) is 42.6 Å². The lowest BCUT2D eigenvalue weighted by Crippen LogP contribution is -2.10. The predicted molar refractivity (Wildman–Crippen MR) is 77.6 cm³/mol. The van der Waals surface area contributed by atoms with E-state index in [1.807, 2.05) is 6.92 Å². The molecule has 0 saturated heterocycles. The summed E-state index contributed by atoms with van der Waals surface area (Å²) >= 11 is 0. The molecule has 1 amide bonds. The van der Waals surface area contributed by atoms with Gasteiger partial charge in [-0.05, 0) is 43.3 Å². The highest BCUT2D eigenvalue weighted by molar-refractivity contribution is 6.04. The molecule has 0 fully saturated rings. The van der Waals surface area contributed by atoms with Crippen LogP contribution < -0.4 is 11.1 Å². The van der Waals surface area contributed by atoms with E-state index in [4.69, 9.17) is 10.2 Å². The lowest BCUT2D eigenvalue weighted by atomic mass is 10.2. The second kappa shape index (κ2) is 4.70. The molecule has 0 aliphatic heterocycles. The number of carbonyl (C=O) groups excluding carboxylic acids is 1. The SMILES string of the molecule is Cc1cc(NC(=O)c2cc3cc(N)ccc3o2)ccn1. The van der Waals surface area contributed by atoms with E-state index in [0.717, 1.165) is 11.1 Å². The number of aromatic nitrogens is 1. The number of amides is 1. The minimum absolute atomic E-state index is 0.250. The van der Waals surface area contributed by atoms with Crippen molar-refractivity contribution in [3.05, 3.63) is 54.0 Å². The molecule has 0 bridgehead atoms. The van der Waals surface area contributed by atoms with Crippen LogP contribution in [0.1, 0.15) is 16.2 Å². The molecule has 1 aromatic carbocycles. The largest absolute Gasteiger partial charge is 0.451 e. The molecule has 2 aromatic heterocycles. The van der Waals surface area contributed by atoms with Crippen LogP contribution in [0.15, 0.2) is 47.0 Å². The van der Waals surface area contributed by atoms with Crippen molar-refractivity contribution in [3.63, 3.8) is 0 Å². The van der Waals surface area contributed by atoms with E-state index in [9.17, 15) is 4.79 Å². The zero-order chi connectivity index (χ0) is 14.1. The Bertz CT molecular complexity index is 793. The zero-order valence-corrected chi connectivity index (χ0v) is 10.9. The van der Waals surface area contributed by atoms with Crippen LogP contribution >= 0.6 is 0 Å². The van der Waals surface area contributed by atoms with Crippen molar-refractivity contribution >= 4 is 28.3 Å². The highest BCUT2D eigenvalue weighted by Crippen LogP contribution is 2.22. The summed E-state index contributed by atoms with van der Waals surface area (Å²) in [6.07, 6.45) is 1.64. The van der Waals surface area contributed by atoms with Gasteiger partial charge in [-0.3, -0.25) is 9.78 Å². The molecule has 0 aliphatic rings. The van der Waals surface area contributed by atoms with Gasteiger partial charge in [-0.1, -0.05) is 0 Å². The number of benzene rings is 1. The average Bonchev–Trinajstić information content (AvgIpc) is 2.81. The van der Waals surface area contributed by atoms with Crippen LogP contribution in [0.2, 0.25) is 0 Å². The minimum Gasteiger partial charge on any atom is -0.451 e. The number of pyridine rings is 1. The Balaban J connectivity index is 1.88. The molecular formula is C15H13N3O2. The van der Waals surface area contributed by atoms with Gasteiger partial charge in [0.05, 0.1) is 0 Å². The zero-order valence-electron chi connectivity index (χ0n) is 10.9. The van der Waals surface area contributed by atoms with Crippen molar-refractivity contribution < 1.29 is 9.21 Å². The maximum atomic E-state index is 12.1. The van der Waals surface area contributed by atoms with Gasteiger partial charge in [0.15, 0.2) is 5.76 Å². The van der Waals surface area contributed by atoms with Crippen molar-refractivity contribution in [1.29, 1.82) is 0 Å². The van der Waals surface area contributed by atoms with E-state index in [0.29, 0.717) is 17.0 Å². The molecule has 20 heavy (non-hydrogen) atoms. The summed E-state index contributed by atoms with van der Waals surface area (Å²) in [5.41, 5.74) is 8.49. The number of anilines is 2. The fourth-order valence-corrected chi connectivity index (χ4v) is 1.99. The molecule has 0 unspecified atom stereocenters. The lowest BCUT2D eigenvalue weighted by Gasteiger charge is -2.02. The summed E-state index contributed by atoms with van der Waals surface area (Å²) in [4.78, 5) is 16.2. The van der Waals surface area contributed by atoms with Gasteiger partial charge in [0.25, 0.3) is 5.91 Å². The van der Waals surface area contributed by atoms with Crippen LogP contribution in [-0.2, 0) is 0 Å². The summed E-state index contributed by atoms with van der Waals surface area (Å²) in [5.74, 6) is -0.0505. The van der Waals surface area contributed by atoms with E-state index in [1.165, 1.54) is 0 Å². The number of hydrogen-bond donors (Lipinski definition) is 2. The molecule has 0 spiro atoms. The van der Waals surface area contributed by atoms with Crippen molar-refractivity contribution in [2.45, 2.75) is 6.92 Å². The van der Waals surface area contributed by atoms with E-state index in [-0.39, 0.29) is 11.7 Å². The number of fused-ring (bicyclic) bond motifs is 1. The molecule has 3 rings (SSSR count). The highest BCUT2D eigenvalue weighted by Gasteiger charge is 2.12. The first-order valence-corrected chi connectivity index (χ1v) is 6.15. The summed E-state index contributed by atoms with van der Waals surface area (Å²) in [5, 5.41) is 3.58. The first kappa shape index (κ1) is 12.2. The first-order chi connectivity index (χ1) is 9.61. The molecule has 2 heterocycles. The van der Waals surface area contributed by atoms with Gasteiger partial charge < -0.3 is 15.5 Å². The summed E-state index contributed by atoms with van der Waals surface area (Å²) in [6.45, 7) is 1.86. The van der Waals surface area contributed by atoms with E-state index >= 15 is 0 Å². The van der Waals surface area contributed by atoms with Crippen molar-refractivity contribution in [1.82, 2.24) is 4.98 Å². The topological polar surface area (TPSA) is 81.2 Å². The Kier molecular flexibility index (Phi) is 2.87. The molecule has 3 N–H and O–H groups in total. The predicted octanol–water partition coefficient (Wildman–Crippen LogP) is 2.97. The van der Waals surface area contributed by atoms with Crippen LogP contribution in [-0.4, -0.2) is 10.9 Å². The van der Waals surface area contributed by atoms with Gasteiger partial charge >= 0.3 is 0 Å². The smallest absolute Gasteiger partial charge is 0.291 e. The van der Waals surface area contributed by atoms with Crippen molar-refractivity contribution in [3.8, 4) is 0 Å². The van der Waals surface area contributed by atoms with Crippen LogP contribution in [0.25, 0.3) is 11.0 Å². The summed E-state index contributed by atoms with van der Waals surface area (Å²) in [6, 6.07) is 10.4. The number of nitrogens with two attached hydrogens (primary N) is 1. The lowest BCUT2D eigenvalue weighted by molar-refractivity contribution is 0.0998. The van der Waals surface area contributed by atoms with Crippen LogP contribution in [0.3, 0.4) is 0 Å². The van der Waals surface area contributed by atoms with Gasteiger partial charge in [0.2, 0.25) is 0 Å². The van der Waals surface area contributed by atoms with Crippen LogP contribution in [0.5, 0.6) is 0 Å². The second-order valence-electron chi connectivity index (χ2n) is 4.55. The fraction of sp³-hybridized carbons (Fsp3) is 0.0667. The number of nitrogens with zero attached hydrogens (tertiary/aromatic N) is 1. The number of nitrogen functional groups attached to an aromatic ring is 1. The third-order valence-electron chi connectivity index (χ3n) is 2.92. The Hall–Kier alpha value is -2.82. The molecular weight excluding hydrogens is 254 g/mol. The van der Waals surface area contributed by atoms with E-state index < -0.39 is 0 Å². The van der Waals surface area contributed by atoms with Gasteiger partial charge in [0.1, 0.15) is 5.58 Å². The third-order valence-corrected chi connectivity index (χ3v) is 2.92. The maximum Gasteiger partial charge on any atom is 0.291 e. The number of nitrogens with one attached hydrogen (secondary N) is 1. The Morgan fingerprint density at radius 2 is 2.10 bits per heavy atom. The van der Waals surface area contributed by atoms with Crippen molar-refractivity contribution in [2.24, 2.45) is 0 Å². The number of furan rings is 1. The van der Waals surface area contributed by atoms with E-state index in [2.05, 4.69) is 10.3 Å². The first-order valence-electron chi connectivity index (χ1n) is 6.15. The Morgan fingerprint density at radius 1 is 1.25 bits per heavy atom. The normalized spacial score (nSPS) is 10.7. The monoisotopic (exact) mass is 267 g/mol. The molecule has 5 heteroatoms. The third kappa shape index (κ3) is 2.33. The Morgan fingerprint density at radius 3 is 2.90 bits per heavy atom. The number of aryl methyl sites for hydroxylation is 1. The molecule has 3 aromatic rings. The summed E-state index contributed by atoms with van der Waals surface area (Å²) < 4.78 is 5.50. The molecule has 0 saturated carbocycles. The molecule has 0 aliphatic carbocycles. The van der Waals surface area contributed by atoms with Gasteiger partial charge in [-0.2, -0.15) is 0 Å². The highest BCUT2D eigenvalue weighted by atomic mass is 16.3. The minimum atomic E-state index is -0.301. The molecule has 100 valence electrons. The van der Waals surface area contributed by atoms with Crippen LogP contribution in [0, 0.1) is 6.92 Å². The second-order valence-corrected chi connectivity index (χ2v) is 4.55. The number of rotatable bonds is 2. The van der Waals surface area contributed by atoms with Gasteiger partial charge in [0, 0.05) is 28.7 Å². The Labute approximate surface area is 115 Å². The van der Waals surface area contributed by atoms with Crippen molar-refractivity contribution in [2.75, 3.05) is 11.1 Å². The standard InChI is InChI=1S/C15H13N3O2/c1-9-6-12(4-5-17-9)18-15(19)14-8-10-7-11(16)2-3-13(10)20-14/h2-8H,16H2,1H3,(H,17,18,19). The number of carbonyl (C=O) groups is 1.